The molecule has 0 radical (unpaired) electrons. The van der Waals surface area contributed by atoms with Crippen molar-refractivity contribution in [2.75, 3.05) is 0 Å². The van der Waals surface area contributed by atoms with Crippen LogP contribution in [0.15, 0.2) is 23.8 Å². The van der Waals surface area contributed by atoms with Crippen molar-refractivity contribution >= 4 is 5.97 Å². The van der Waals surface area contributed by atoms with Crippen LogP contribution in [0.25, 0.3) is 0 Å². The molecule has 0 aromatic heterocycles. The van der Waals surface area contributed by atoms with Crippen molar-refractivity contribution in [1.82, 2.24) is 0 Å². The Bertz CT molecular complexity index is 496. The van der Waals surface area contributed by atoms with Crippen molar-refractivity contribution in [3.8, 4) is 0 Å². The summed E-state index contributed by atoms with van der Waals surface area (Å²) in [4.78, 5) is 11.7. The van der Waals surface area contributed by atoms with Gasteiger partial charge in [0.15, 0.2) is 0 Å². The number of carbonyl (C=O) groups excluding carboxylic acids is 1. The molecule has 0 spiro atoms. The Morgan fingerprint density at radius 2 is 2.15 bits per heavy atom. The van der Waals surface area contributed by atoms with E-state index in [4.69, 9.17) is 9.47 Å². The predicted molar refractivity (Wildman–Crippen MR) is 70.8 cm³/mol. The van der Waals surface area contributed by atoms with Gasteiger partial charge in [-0.1, -0.05) is 12.7 Å². The Morgan fingerprint density at radius 1 is 1.45 bits per heavy atom. The van der Waals surface area contributed by atoms with Crippen molar-refractivity contribution in [3.63, 3.8) is 0 Å². The molecule has 6 atom stereocenters. The van der Waals surface area contributed by atoms with Crippen LogP contribution in [0.3, 0.4) is 0 Å². The molecule has 0 aromatic carbocycles. The number of hydrogen-bond acceptors (Lipinski definition) is 5. The van der Waals surface area contributed by atoms with Crippen LogP contribution in [0.1, 0.15) is 26.7 Å². The zero-order valence-corrected chi connectivity index (χ0v) is 11.7. The van der Waals surface area contributed by atoms with Crippen LogP contribution >= 0.6 is 0 Å². The molecule has 5 nitrogen and oxygen atoms in total. The topological polar surface area (TPSA) is 79.3 Å². The molecular weight excluding hydrogens is 260 g/mol. The van der Waals surface area contributed by atoms with E-state index in [0.717, 1.165) is 0 Å². The predicted octanol–water partition coefficient (Wildman–Crippen LogP) is 0.704. The molecule has 2 aliphatic heterocycles. The minimum atomic E-state index is -0.903. The van der Waals surface area contributed by atoms with Crippen LogP contribution in [-0.2, 0) is 14.3 Å². The van der Waals surface area contributed by atoms with Crippen molar-refractivity contribution in [2.45, 2.75) is 56.7 Å². The summed E-state index contributed by atoms with van der Waals surface area (Å²) in [6.45, 7) is 7.46. The van der Waals surface area contributed by atoms with Gasteiger partial charge in [0.2, 0.25) is 0 Å². The molecule has 20 heavy (non-hydrogen) atoms. The van der Waals surface area contributed by atoms with Gasteiger partial charge in [-0.25, -0.2) is 4.79 Å². The molecule has 2 heterocycles. The van der Waals surface area contributed by atoms with Crippen LogP contribution in [0.5, 0.6) is 0 Å². The average Bonchev–Trinajstić information content (AvgIpc) is 2.96. The first-order valence-corrected chi connectivity index (χ1v) is 6.95. The smallest absolute Gasteiger partial charge is 0.334 e. The van der Waals surface area contributed by atoms with E-state index in [-0.39, 0.29) is 11.7 Å². The highest BCUT2D eigenvalue weighted by atomic mass is 16.6. The molecule has 3 aliphatic rings. The van der Waals surface area contributed by atoms with Crippen LogP contribution < -0.4 is 0 Å². The lowest BCUT2D eigenvalue weighted by molar-refractivity contribution is -0.140. The summed E-state index contributed by atoms with van der Waals surface area (Å²) in [7, 11) is 0. The Labute approximate surface area is 117 Å². The summed E-state index contributed by atoms with van der Waals surface area (Å²) in [5, 5.41) is 20.4. The van der Waals surface area contributed by atoms with Gasteiger partial charge in [0.25, 0.3) is 0 Å². The number of hydrogen-bond donors (Lipinski definition) is 2. The second-order valence-corrected chi connectivity index (χ2v) is 6.23. The minimum Gasteiger partial charge on any atom is -0.455 e. The first-order chi connectivity index (χ1) is 9.33. The lowest BCUT2D eigenvalue weighted by Crippen LogP contribution is -2.36. The molecule has 3 rings (SSSR count). The number of esters is 1. The van der Waals surface area contributed by atoms with E-state index in [0.29, 0.717) is 18.4 Å². The van der Waals surface area contributed by atoms with E-state index in [2.05, 4.69) is 6.58 Å². The number of carbonyl (C=O) groups is 1. The molecule has 110 valence electrons. The van der Waals surface area contributed by atoms with Crippen LogP contribution in [0.4, 0.5) is 0 Å². The van der Waals surface area contributed by atoms with Crippen LogP contribution in [0, 0.1) is 5.92 Å². The molecule has 0 amide bonds. The minimum absolute atomic E-state index is 0.232. The second kappa shape index (κ2) is 4.41. The summed E-state index contributed by atoms with van der Waals surface area (Å²) in [6, 6.07) is 0. The molecule has 0 saturated carbocycles. The van der Waals surface area contributed by atoms with Gasteiger partial charge in [0.1, 0.15) is 12.2 Å². The van der Waals surface area contributed by atoms with E-state index in [1.807, 2.05) is 6.92 Å². The Morgan fingerprint density at radius 3 is 2.85 bits per heavy atom. The number of ether oxygens (including phenoxy) is 2. The maximum Gasteiger partial charge on any atom is 0.334 e. The number of aliphatic hydroxyl groups excluding tert-OH is 2. The van der Waals surface area contributed by atoms with Gasteiger partial charge in [-0.05, 0) is 32.3 Å². The Kier molecular flexibility index (Phi) is 3.04. The number of rotatable bonds is 0. The van der Waals surface area contributed by atoms with Gasteiger partial charge in [0, 0.05) is 5.57 Å². The summed E-state index contributed by atoms with van der Waals surface area (Å²) >= 11 is 0. The highest BCUT2D eigenvalue weighted by Crippen LogP contribution is 2.49. The first kappa shape index (κ1) is 13.8. The van der Waals surface area contributed by atoms with Gasteiger partial charge in [-0.3, -0.25) is 0 Å². The fraction of sp³-hybridized carbons (Fsp3) is 0.667. The second-order valence-electron chi connectivity index (χ2n) is 6.23. The van der Waals surface area contributed by atoms with Crippen molar-refractivity contribution in [1.29, 1.82) is 0 Å². The average molecular weight is 280 g/mol. The van der Waals surface area contributed by atoms with Gasteiger partial charge in [0.05, 0.1) is 23.7 Å². The summed E-state index contributed by atoms with van der Waals surface area (Å²) in [5.41, 5.74) is 0.581. The van der Waals surface area contributed by atoms with Gasteiger partial charge >= 0.3 is 5.97 Å². The monoisotopic (exact) mass is 280 g/mol. The lowest BCUT2D eigenvalue weighted by atomic mass is 9.82. The lowest BCUT2D eigenvalue weighted by Gasteiger charge is -2.24. The summed E-state index contributed by atoms with van der Waals surface area (Å²) in [6.07, 6.45) is 0.621. The third-order valence-electron chi connectivity index (χ3n) is 4.74. The number of aliphatic hydroxyl groups is 2. The largest absolute Gasteiger partial charge is 0.455 e. The molecular formula is C15H20O5. The quantitative estimate of drug-likeness (QED) is 0.295. The van der Waals surface area contributed by atoms with Crippen molar-refractivity contribution in [3.05, 3.63) is 23.8 Å². The molecule has 6 unspecified atom stereocenters. The van der Waals surface area contributed by atoms with Crippen LogP contribution in [0.2, 0.25) is 0 Å². The maximum atomic E-state index is 11.7. The molecule has 2 fully saturated rings. The standard InChI is InChI=1S/C15H20O5/c1-7-6-10(17)11-8(2)14(18)19-12(11)13-15(3,20-13)5-4-9(7)16/h6,9-13,16-17H,2,4-5H2,1,3H3. The third-order valence-corrected chi connectivity index (χ3v) is 4.74. The summed E-state index contributed by atoms with van der Waals surface area (Å²) in [5.74, 6) is -0.975. The zero-order valence-electron chi connectivity index (χ0n) is 11.7. The van der Waals surface area contributed by atoms with E-state index in [1.165, 1.54) is 0 Å². The van der Waals surface area contributed by atoms with E-state index in [1.54, 1.807) is 13.0 Å². The number of epoxide rings is 1. The summed E-state index contributed by atoms with van der Waals surface area (Å²) < 4.78 is 11.1. The Hall–Kier alpha value is -1.17. The maximum absolute atomic E-state index is 11.7. The van der Waals surface area contributed by atoms with Gasteiger partial charge in [-0.15, -0.1) is 0 Å². The third kappa shape index (κ3) is 2.01. The van der Waals surface area contributed by atoms with Gasteiger partial charge in [-0.2, -0.15) is 0 Å². The SMILES string of the molecule is C=C1C(=O)OC2C1C(O)C=C(C)C(O)CCC1(C)OC21. The van der Waals surface area contributed by atoms with Crippen molar-refractivity contribution in [2.24, 2.45) is 5.92 Å². The first-order valence-electron chi connectivity index (χ1n) is 6.95. The highest BCUT2D eigenvalue weighted by molar-refractivity contribution is 5.91. The fourth-order valence-electron chi connectivity index (χ4n) is 3.26. The molecule has 2 saturated heterocycles. The molecule has 0 bridgehead atoms. The highest BCUT2D eigenvalue weighted by Gasteiger charge is 2.62. The molecule has 5 heteroatoms. The normalized spacial score (nSPS) is 48.0. The van der Waals surface area contributed by atoms with E-state index >= 15 is 0 Å². The van der Waals surface area contributed by atoms with Crippen LogP contribution in [-0.4, -0.2) is 46.2 Å². The van der Waals surface area contributed by atoms with Gasteiger partial charge < -0.3 is 19.7 Å². The zero-order chi connectivity index (χ0) is 14.7. The molecule has 0 aromatic rings. The fourth-order valence-corrected chi connectivity index (χ4v) is 3.26. The molecule has 2 N–H and O–H groups in total. The van der Waals surface area contributed by atoms with Crippen molar-refractivity contribution < 1.29 is 24.5 Å². The molecule has 1 aliphatic carbocycles. The van der Waals surface area contributed by atoms with E-state index in [9.17, 15) is 15.0 Å². The Balaban J connectivity index is 1.97. The number of fused-ring (bicyclic) bond motifs is 3. The van der Waals surface area contributed by atoms with E-state index < -0.39 is 35.8 Å².